The Hall–Kier alpha value is -2.28. The van der Waals surface area contributed by atoms with Crippen LogP contribution in [-0.2, 0) is 13.6 Å². The second kappa shape index (κ2) is 7.95. The van der Waals surface area contributed by atoms with Crippen molar-refractivity contribution < 1.29 is 4.79 Å². The largest absolute Gasteiger partial charge is 0.336 e. The van der Waals surface area contributed by atoms with Crippen LogP contribution in [0.25, 0.3) is 0 Å². The molecular formula is C19H28N6O. The molecule has 140 valence electrons. The lowest BCUT2D eigenvalue weighted by atomic mass is 10.2. The molecule has 1 aliphatic rings. The van der Waals surface area contributed by atoms with Gasteiger partial charge in [-0.3, -0.25) is 14.4 Å². The Kier molecular flexibility index (Phi) is 5.66. The third-order valence-corrected chi connectivity index (χ3v) is 4.84. The van der Waals surface area contributed by atoms with Crippen molar-refractivity contribution in [2.75, 3.05) is 26.2 Å². The highest BCUT2D eigenvalue weighted by Crippen LogP contribution is 2.13. The molecule has 0 unspecified atom stereocenters. The van der Waals surface area contributed by atoms with E-state index in [0.717, 1.165) is 56.4 Å². The Labute approximate surface area is 155 Å². The van der Waals surface area contributed by atoms with Crippen molar-refractivity contribution in [3.63, 3.8) is 0 Å². The zero-order chi connectivity index (χ0) is 18.7. The fraction of sp³-hybridized carbons (Fsp3) is 0.579. The number of amides is 1. The molecule has 7 heteroatoms. The lowest BCUT2D eigenvalue weighted by Crippen LogP contribution is -2.35. The fourth-order valence-electron chi connectivity index (χ4n) is 3.17. The summed E-state index contributed by atoms with van der Waals surface area (Å²) in [6, 6.07) is 3.84. The monoisotopic (exact) mass is 356 g/mol. The van der Waals surface area contributed by atoms with Crippen LogP contribution in [0.15, 0.2) is 18.3 Å². The fourth-order valence-corrected chi connectivity index (χ4v) is 3.17. The lowest BCUT2D eigenvalue weighted by Gasteiger charge is -2.21. The molecule has 0 saturated carbocycles. The van der Waals surface area contributed by atoms with Crippen molar-refractivity contribution in [2.24, 2.45) is 7.05 Å². The van der Waals surface area contributed by atoms with Gasteiger partial charge in [-0.25, -0.2) is 9.97 Å². The molecule has 7 nitrogen and oxygen atoms in total. The number of carbonyl (C=O) groups excluding carboxylic acids is 1. The first-order valence-electron chi connectivity index (χ1n) is 9.28. The van der Waals surface area contributed by atoms with E-state index in [1.165, 1.54) is 0 Å². The van der Waals surface area contributed by atoms with E-state index in [1.54, 1.807) is 4.68 Å². The van der Waals surface area contributed by atoms with Gasteiger partial charge in [-0.15, -0.1) is 0 Å². The third-order valence-electron chi connectivity index (χ3n) is 4.84. The van der Waals surface area contributed by atoms with E-state index < -0.39 is 0 Å². The van der Waals surface area contributed by atoms with E-state index in [2.05, 4.69) is 33.8 Å². The minimum Gasteiger partial charge on any atom is -0.336 e. The van der Waals surface area contributed by atoms with Gasteiger partial charge >= 0.3 is 0 Å². The molecule has 0 spiro atoms. The van der Waals surface area contributed by atoms with Gasteiger partial charge in [0.05, 0.1) is 5.69 Å². The van der Waals surface area contributed by atoms with E-state index in [9.17, 15) is 4.79 Å². The zero-order valence-electron chi connectivity index (χ0n) is 16.1. The lowest BCUT2D eigenvalue weighted by molar-refractivity contribution is 0.0754. The molecular weight excluding hydrogens is 328 g/mol. The molecule has 26 heavy (non-hydrogen) atoms. The van der Waals surface area contributed by atoms with Crippen molar-refractivity contribution in [3.05, 3.63) is 41.2 Å². The maximum atomic E-state index is 12.7. The number of nitrogens with zero attached hydrogens (tertiary/aromatic N) is 6. The molecule has 0 N–H and O–H groups in total. The molecule has 2 aromatic rings. The van der Waals surface area contributed by atoms with Crippen LogP contribution in [0.5, 0.6) is 0 Å². The second-order valence-corrected chi connectivity index (χ2v) is 7.28. The van der Waals surface area contributed by atoms with Crippen molar-refractivity contribution >= 4 is 5.91 Å². The van der Waals surface area contributed by atoms with E-state index in [0.29, 0.717) is 11.6 Å². The van der Waals surface area contributed by atoms with Gasteiger partial charge in [-0.1, -0.05) is 13.8 Å². The maximum absolute atomic E-state index is 12.7. The van der Waals surface area contributed by atoms with Gasteiger partial charge in [0.1, 0.15) is 5.82 Å². The minimum atomic E-state index is 0.0275. The van der Waals surface area contributed by atoms with Crippen LogP contribution in [0.3, 0.4) is 0 Å². The van der Waals surface area contributed by atoms with Crippen molar-refractivity contribution in [2.45, 2.75) is 39.7 Å². The number of aryl methyl sites for hydroxylation is 2. The smallest absolute Gasteiger partial charge is 0.274 e. The summed E-state index contributed by atoms with van der Waals surface area (Å²) in [5.74, 6) is 1.24. The van der Waals surface area contributed by atoms with Gasteiger partial charge in [-0.05, 0) is 25.5 Å². The highest BCUT2D eigenvalue weighted by atomic mass is 16.2. The summed E-state index contributed by atoms with van der Waals surface area (Å²) in [5, 5.41) is 4.32. The molecule has 3 heterocycles. The van der Waals surface area contributed by atoms with Gasteiger partial charge < -0.3 is 4.90 Å². The summed E-state index contributed by atoms with van der Waals surface area (Å²) >= 11 is 0. The highest BCUT2D eigenvalue weighted by molar-refractivity contribution is 5.92. The Morgan fingerprint density at radius 2 is 2.04 bits per heavy atom. The van der Waals surface area contributed by atoms with Gasteiger partial charge in [0.25, 0.3) is 5.91 Å². The van der Waals surface area contributed by atoms with Gasteiger partial charge in [0.15, 0.2) is 5.69 Å². The summed E-state index contributed by atoms with van der Waals surface area (Å²) in [4.78, 5) is 26.0. The molecule has 1 aliphatic heterocycles. The molecule has 0 bridgehead atoms. The Morgan fingerprint density at radius 3 is 2.73 bits per heavy atom. The number of hydrogen-bond acceptors (Lipinski definition) is 5. The predicted molar refractivity (Wildman–Crippen MR) is 99.9 cm³/mol. The number of aromatic nitrogens is 4. The van der Waals surface area contributed by atoms with Crippen LogP contribution in [-0.4, -0.2) is 61.6 Å². The molecule has 1 amide bonds. The molecule has 1 saturated heterocycles. The number of rotatable bonds is 4. The van der Waals surface area contributed by atoms with Gasteiger partial charge in [0.2, 0.25) is 0 Å². The summed E-state index contributed by atoms with van der Waals surface area (Å²) in [6.07, 6.45) is 2.80. The first-order valence-corrected chi connectivity index (χ1v) is 9.28. The van der Waals surface area contributed by atoms with Crippen molar-refractivity contribution in [3.8, 4) is 0 Å². The Morgan fingerprint density at radius 1 is 1.23 bits per heavy atom. The molecule has 0 atom stereocenters. The van der Waals surface area contributed by atoms with Crippen LogP contribution >= 0.6 is 0 Å². The zero-order valence-corrected chi connectivity index (χ0v) is 16.1. The standard InChI is InChI=1S/C19H28N6O/c1-14(2)18-20-7-6-16(21-18)13-24-8-5-9-25(11-10-24)19(26)17-12-15(3)23(4)22-17/h6-7,12,14H,5,8-11,13H2,1-4H3. The summed E-state index contributed by atoms with van der Waals surface area (Å²) < 4.78 is 1.75. The molecule has 2 aromatic heterocycles. The molecule has 0 radical (unpaired) electrons. The summed E-state index contributed by atoms with van der Waals surface area (Å²) in [5.41, 5.74) is 2.58. The third kappa shape index (κ3) is 4.27. The molecule has 0 aromatic carbocycles. The quantitative estimate of drug-likeness (QED) is 0.838. The topological polar surface area (TPSA) is 67.2 Å². The summed E-state index contributed by atoms with van der Waals surface area (Å²) in [7, 11) is 1.86. The van der Waals surface area contributed by atoms with Crippen LogP contribution in [0.4, 0.5) is 0 Å². The van der Waals surface area contributed by atoms with Crippen LogP contribution < -0.4 is 0 Å². The van der Waals surface area contributed by atoms with E-state index >= 15 is 0 Å². The molecule has 3 rings (SSSR count). The van der Waals surface area contributed by atoms with Crippen LogP contribution in [0.2, 0.25) is 0 Å². The van der Waals surface area contributed by atoms with Gasteiger partial charge in [0, 0.05) is 57.6 Å². The molecule has 1 fully saturated rings. The normalized spacial score (nSPS) is 16.1. The second-order valence-electron chi connectivity index (χ2n) is 7.28. The molecule has 0 aliphatic carbocycles. The SMILES string of the molecule is Cc1cc(C(=O)N2CCCN(Cc3ccnc(C(C)C)n3)CC2)nn1C. The van der Waals surface area contributed by atoms with Gasteiger partial charge in [-0.2, -0.15) is 5.10 Å². The van der Waals surface area contributed by atoms with Crippen LogP contribution in [0.1, 0.15) is 53.9 Å². The maximum Gasteiger partial charge on any atom is 0.274 e. The average Bonchev–Trinajstić information content (AvgIpc) is 2.82. The predicted octanol–water partition coefficient (Wildman–Crippen LogP) is 1.99. The van der Waals surface area contributed by atoms with Crippen molar-refractivity contribution in [1.29, 1.82) is 0 Å². The van der Waals surface area contributed by atoms with E-state index in [-0.39, 0.29) is 5.91 Å². The average molecular weight is 356 g/mol. The van der Waals surface area contributed by atoms with Crippen LogP contribution in [0, 0.1) is 6.92 Å². The minimum absolute atomic E-state index is 0.0275. The first-order chi connectivity index (χ1) is 12.4. The van der Waals surface area contributed by atoms with E-state index in [4.69, 9.17) is 0 Å². The number of hydrogen-bond donors (Lipinski definition) is 0. The van der Waals surface area contributed by atoms with Crippen molar-refractivity contribution in [1.82, 2.24) is 29.5 Å². The first kappa shape index (κ1) is 18.5. The highest BCUT2D eigenvalue weighted by Gasteiger charge is 2.22. The number of carbonyl (C=O) groups is 1. The Balaban J connectivity index is 1.61. The van der Waals surface area contributed by atoms with E-state index in [1.807, 2.05) is 37.2 Å². The summed E-state index contributed by atoms with van der Waals surface area (Å²) in [6.45, 7) is 10.3. The Bertz CT molecular complexity index is 750.